The van der Waals surface area contributed by atoms with Crippen LogP contribution in [-0.2, 0) is 4.74 Å². The number of nitrogen functional groups attached to an aromatic ring is 1. The smallest absolute Gasteiger partial charge is 0.410 e. The number of halogens is 1. The molecule has 10 heteroatoms. The maximum absolute atomic E-state index is 12.6. The van der Waals surface area contributed by atoms with Gasteiger partial charge in [-0.1, -0.05) is 5.92 Å². The molecule has 1 aromatic carbocycles. The maximum Gasteiger partial charge on any atom is 0.410 e. The third-order valence-corrected chi connectivity index (χ3v) is 7.22. The number of ether oxygens (including phenoxy) is 1. The van der Waals surface area contributed by atoms with E-state index in [4.69, 9.17) is 20.7 Å². The van der Waals surface area contributed by atoms with Crippen molar-refractivity contribution in [1.82, 2.24) is 29.4 Å². The molecule has 0 spiro atoms. The van der Waals surface area contributed by atoms with Crippen molar-refractivity contribution >= 4 is 49.6 Å². The van der Waals surface area contributed by atoms with Gasteiger partial charge >= 0.3 is 6.09 Å². The zero-order valence-electron chi connectivity index (χ0n) is 21.0. The monoisotopic (exact) mass is 561 g/mol. The van der Waals surface area contributed by atoms with Gasteiger partial charge in [0.05, 0.1) is 33.0 Å². The van der Waals surface area contributed by atoms with Crippen molar-refractivity contribution in [3.63, 3.8) is 0 Å². The lowest BCUT2D eigenvalue weighted by molar-refractivity contribution is 0.0288. The molecule has 4 heterocycles. The summed E-state index contributed by atoms with van der Waals surface area (Å²) >= 11 is 3.63. The van der Waals surface area contributed by atoms with Gasteiger partial charge in [-0.3, -0.25) is 9.36 Å². The van der Waals surface area contributed by atoms with E-state index in [1.54, 1.807) is 11.1 Å². The third kappa shape index (κ3) is 4.64. The molecule has 2 fully saturated rings. The largest absolute Gasteiger partial charge is 0.444 e. The molecule has 2 N–H and O–H groups in total. The quantitative estimate of drug-likeness (QED) is 0.344. The molecular formula is C27H28BrN7O2. The Labute approximate surface area is 223 Å². The number of aromatic nitrogens is 5. The van der Waals surface area contributed by atoms with Crippen molar-refractivity contribution in [2.24, 2.45) is 0 Å². The molecule has 1 aliphatic heterocycles. The van der Waals surface area contributed by atoms with E-state index in [2.05, 4.69) is 49.7 Å². The number of carbonyl (C=O) groups excluding carboxylic acids is 1. The maximum atomic E-state index is 12.6. The van der Waals surface area contributed by atoms with Crippen LogP contribution >= 0.6 is 15.9 Å². The average molecular weight is 562 g/mol. The Kier molecular flexibility index (Phi) is 5.64. The van der Waals surface area contributed by atoms with Crippen molar-refractivity contribution in [3.8, 4) is 11.8 Å². The number of likely N-dealkylation sites (tertiary alicyclic amines) is 1. The van der Waals surface area contributed by atoms with Crippen molar-refractivity contribution in [3.05, 3.63) is 46.3 Å². The van der Waals surface area contributed by atoms with Crippen LogP contribution in [0.1, 0.15) is 63.4 Å². The van der Waals surface area contributed by atoms with Gasteiger partial charge in [0.1, 0.15) is 17.1 Å². The number of carbonyl (C=O) groups is 1. The first kappa shape index (κ1) is 23.8. The number of anilines is 1. The van der Waals surface area contributed by atoms with Gasteiger partial charge in [0.2, 0.25) is 0 Å². The minimum Gasteiger partial charge on any atom is -0.444 e. The SMILES string of the molecule is CC(C)(C)OC(=O)N1CCC(n2nc(C#Cc3ccc4cn(C5CC5)nc4c3)c3c(N)ncc(Br)c32)C1. The molecule has 1 amide bonds. The minimum absolute atomic E-state index is 0.0357. The predicted molar refractivity (Wildman–Crippen MR) is 145 cm³/mol. The van der Waals surface area contributed by atoms with Crippen LogP contribution in [0.3, 0.4) is 0 Å². The molecule has 9 nitrogen and oxygen atoms in total. The van der Waals surface area contributed by atoms with Crippen LogP contribution in [0.2, 0.25) is 0 Å². The van der Waals surface area contributed by atoms with Crippen LogP contribution in [0, 0.1) is 11.8 Å². The highest BCUT2D eigenvalue weighted by Crippen LogP contribution is 2.36. The van der Waals surface area contributed by atoms with Gasteiger partial charge in [0, 0.05) is 36.4 Å². The van der Waals surface area contributed by atoms with Gasteiger partial charge in [-0.2, -0.15) is 10.2 Å². The molecule has 4 aromatic rings. The fourth-order valence-electron chi connectivity index (χ4n) is 4.71. The summed E-state index contributed by atoms with van der Waals surface area (Å²) in [7, 11) is 0. The molecule has 3 aromatic heterocycles. The second kappa shape index (κ2) is 8.77. The summed E-state index contributed by atoms with van der Waals surface area (Å²) in [6.07, 6.45) is 6.60. The molecule has 2 aliphatic rings. The topological polar surface area (TPSA) is 104 Å². The molecule has 0 bridgehead atoms. The highest BCUT2D eigenvalue weighted by molar-refractivity contribution is 9.10. The fourth-order valence-corrected chi connectivity index (χ4v) is 5.20. The van der Waals surface area contributed by atoms with Crippen LogP contribution in [0.4, 0.5) is 10.6 Å². The molecule has 1 aliphatic carbocycles. The first-order valence-corrected chi connectivity index (χ1v) is 13.3. The zero-order valence-corrected chi connectivity index (χ0v) is 22.6. The Morgan fingerprint density at radius 2 is 1.97 bits per heavy atom. The summed E-state index contributed by atoms with van der Waals surface area (Å²) in [5.74, 6) is 6.84. The van der Waals surface area contributed by atoms with E-state index in [9.17, 15) is 4.79 Å². The zero-order chi connectivity index (χ0) is 25.9. The second-order valence-corrected chi connectivity index (χ2v) is 11.6. The van der Waals surface area contributed by atoms with Gasteiger partial charge in [0.25, 0.3) is 0 Å². The summed E-state index contributed by atoms with van der Waals surface area (Å²) < 4.78 is 10.3. The molecule has 190 valence electrons. The first-order valence-electron chi connectivity index (χ1n) is 12.5. The molecule has 1 atom stereocenters. The molecule has 37 heavy (non-hydrogen) atoms. The van der Waals surface area contributed by atoms with E-state index >= 15 is 0 Å². The normalized spacial score (nSPS) is 17.8. The lowest BCUT2D eigenvalue weighted by Crippen LogP contribution is -2.35. The predicted octanol–water partition coefficient (Wildman–Crippen LogP) is 5.04. The summed E-state index contributed by atoms with van der Waals surface area (Å²) in [4.78, 5) is 18.7. The first-order chi connectivity index (χ1) is 17.7. The van der Waals surface area contributed by atoms with Crippen LogP contribution in [-0.4, -0.2) is 54.2 Å². The molecule has 6 rings (SSSR count). The van der Waals surface area contributed by atoms with Crippen molar-refractivity contribution in [2.45, 2.75) is 57.7 Å². The van der Waals surface area contributed by atoms with Crippen LogP contribution in [0.5, 0.6) is 0 Å². The van der Waals surface area contributed by atoms with Crippen LogP contribution in [0.15, 0.2) is 35.1 Å². The van der Waals surface area contributed by atoms with Gasteiger partial charge in [-0.25, -0.2) is 9.78 Å². The Morgan fingerprint density at radius 1 is 1.16 bits per heavy atom. The van der Waals surface area contributed by atoms with E-state index in [-0.39, 0.29) is 12.1 Å². The summed E-state index contributed by atoms with van der Waals surface area (Å²) in [6.45, 7) is 6.69. The number of fused-ring (bicyclic) bond motifs is 2. The molecule has 1 saturated heterocycles. The number of nitrogens with two attached hydrogens (primary N) is 1. The lowest BCUT2D eigenvalue weighted by Gasteiger charge is -2.24. The van der Waals surface area contributed by atoms with Crippen molar-refractivity contribution in [1.29, 1.82) is 0 Å². The molecule has 1 saturated carbocycles. The Bertz CT molecular complexity index is 1600. The highest BCUT2D eigenvalue weighted by atomic mass is 79.9. The van der Waals surface area contributed by atoms with Gasteiger partial charge < -0.3 is 15.4 Å². The summed E-state index contributed by atoms with van der Waals surface area (Å²) in [5.41, 5.74) is 8.94. The Hall–Kier alpha value is -3.58. The fraction of sp³-hybridized carbons (Fsp3) is 0.407. The standard InChI is InChI=1S/C27H28BrN7O2/c1-27(2,3)37-26(36)33-11-10-19(15-33)35-24-20(28)13-30-25(29)23(24)21(32-35)9-5-16-4-6-17-14-34(18-7-8-18)31-22(17)12-16/h4,6,12-14,18-19H,7-8,10-11,15H2,1-3H3,(H2,29,30). The third-order valence-electron chi connectivity index (χ3n) is 6.64. The van der Waals surface area contributed by atoms with E-state index in [0.29, 0.717) is 36.0 Å². The van der Waals surface area contributed by atoms with Crippen LogP contribution in [0.25, 0.3) is 21.8 Å². The van der Waals surface area contributed by atoms with Gasteiger partial charge in [0.15, 0.2) is 0 Å². The number of nitrogens with zero attached hydrogens (tertiary/aromatic N) is 6. The van der Waals surface area contributed by atoms with Crippen molar-refractivity contribution < 1.29 is 9.53 Å². The van der Waals surface area contributed by atoms with Gasteiger partial charge in [-0.05, 0) is 80.1 Å². The number of pyridine rings is 1. The van der Waals surface area contributed by atoms with E-state index in [1.807, 2.05) is 37.6 Å². The minimum atomic E-state index is -0.543. The molecular weight excluding hydrogens is 534 g/mol. The Morgan fingerprint density at radius 3 is 2.73 bits per heavy atom. The molecule has 0 radical (unpaired) electrons. The van der Waals surface area contributed by atoms with E-state index < -0.39 is 5.60 Å². The number of benzene rings is 1. The number of amides is 1. The van der Waals surface area contributed by atoms with Crippen LogP contribution < -0.4 is 5.73 Å². The second-order valence-electron chi connectivity index (χ2n) is 10.7. The average Bonchev–Trinajstić information content (AvgIpc) is 3.26. The van der Waals surface area contributed by atoms with Crippen molar-refractivity contribution in [2.75, 3.05) is 18.8 Å². The number of rotatable bonds is 2. The number of hydrogen-bond donors (Lipinski definition) is 1. The van der Waals surface area contributed by atoms with Gasteiger partial charge in [-0.15, -0.1) is 0 Å². The van der Waals surface area contributed by atoms with E-state index in [1.165, 1.54) is 12.8 Å². The summed E-state index contributed by atoms with van der Waals surface area (Å²) in [5, 5.41) is 11.4. The van der Waals surface area contributed by atoms with E-state index in [0.717, 1.165) is 32.9 Å². The highest BCUT2D eigenvalue weighted by Gasteiger charge is 2.33. The summed E-state index contributed by atoms with van der Waals surface area (Å²) in [6, 6.07) is 6.56. The number of hydrogen-bond acceptors (Lipinski definition) is 6. The lowest BCUT2D eigenvalue weighted by atomic mass is 10.1. The Balaban J connectivity index is 1.33. The molecule has 1 unspecified atom stereocenters.